The first kappa shape index (κ1) is 15.3. The lowest BCUT2D eigenvalue weighted by Crippen LogP contribution is -2.02. The number of aryl methyl sites for hydroxylation is 1. The van der Waals surface area contributed by atoms with Gasteiger partial charge in [0.1, 0.15) is 0 Å². The van der Waals surface area contributed by atoms with Gasteiger partial charge < -0.3 is 0 Å². The summed E-state index contributed by atoms with van der Waals surface area (Å²) in [6, 6.07) is 29.0. The van der Waals surface area contributed by atoms with E-state index < -0.39 is 0 Å². The average molecular weight is 322 g/mol. The summed E-state index contributed by atoms with van der Waals surface area (Å²) < 4.78 is 0. The van der Waals surface area contributed by atoms with Crippen LogP contribution in [0, 0.1) is 6.92 Å². The molecule has 0 N–H and O–H groups in total. The van der Waals surface area contributed by atoms with Gasteiger partial charge >= 0.3 is 0 Å². The van der Waals surface area contributed by atoms with Crippen LogP contribution in [-0.2, 0) is 0 Å². The van der Waals surface area contributed by atoms with E-state index in [0.717, 1.165) is 33.6 Å². The fourth-order valence-corrected chi connectivity index (χ4v) is 2.93. The van der Waals surface area contributed by atoms with E-state index in [0.29, 0.717) is 0 Å². The van der Waals surface area contributed by atoms with Gasteiger partial charge in [0.2, 0.25) is 0 Å². The molecule has 0 aliphatic rings. The summed E-state index contributed by atoms with van der Waals surface area (Å²) in [5, 5.41) is 2.29. The predicted octanol–water partition coefficient (Wildman–Crippen LogP) is 5.71. The number of hydrogen-bond acceptors (Lipinski definition) is 2. The van der Waals surface area contributed by atoms with Crippen molar-refractivity contribution in [3.63, 3.8) is 0 Å². The number of benzene rings is 3. The second-order valence-corrected chi connectivity index (χ2v) is 6.05. The van der Waals surface area contributed by atoms with Gasteiger partial charge in [-0.3, -0.25) is 4.98 Å². The van der Waals surface area contributed by atoms with Crippen molar-refractivity contribution in [2.24, 2.45) is 4.99 Å². The van der Waals surface area contributed by atoms with Crippen LogP contribution in [0.3, 0.4) is 0 Å². The first-order valence-corrected chi connectivity index (χ1v) is 8.35. The third kappa shape index (κ3) is 3.33. The maximum absolute atomic E-state index is 4.96. The third-order valence-corrected chi connectivity index (χ3v) is 4.18. The van der Waals surface area contributed by atoms with Crippen molar-refractivity contribution in [2.75, 3.05) is 0 Å². The minimum absolute atomic E-state index is 0.931. The van der Waals surface area contributed by atoms with Crippen molar-refractivity contribution < 1.29 is 0 Å². The molecule has 2 heteroatoms. The highest BCUT2D eigenvalue weighted by Gasteiger charge is 2.07. The smallest absolute Gasteiger partial charge is 0.0781 e. The van der Waals surface area contributed by atoms with Gasteiger partial charge in [-0.2, -0.15) is 0 Å². The molecule has 0 spiro atoms. The lowest BCUT2D eigenvalue weighted by Gasteiger charge is -2.08. The number of pyridine rings is 1. The van der Waals surface area contributed by atoms with Gasteiger partial charge in [-0.25, -0.2) is 4.99 Å². The van der Waals surface area contributed by atoms with E-state index in [1.807, 2.05) is 49.5 Å². The van der Waals surface area contributed by atoms with Crippen molar-refractivity contribution in [1.29, 1.82) is 0 Å². The van der Waals surface area contributed by atoms with E-state index in [2.05, 4.69) is 53.5 Å². The van der Waals surface area contributed by atoms with Crippen LogP contribution in [0.25, 0.3) is 10.8 Å². The Bertz CT molecular complexity index is 994. The number of aromatic nitrogens is 1. The van der Waals surface area contributed by atoms with Gasteiger partial charge in [0.05, 0.1) is 11.4 Å². The van der Waals surface area contributed by atoms with Crippen molar-refractivity contribution in [2.45, 2.75) is 6.92 Å². The van der Waals surface area contributed by atoms with Crippen LogP contribution in [-0.4, -0.2) is 10.7 Å². The van der Waals surface area contributed by atoms with E-state index in [9.17, 15) is 0 Å². The Labute approximate surface area is 147 Å². The molecule has 0 atom stereocenters. The maximum Gasteiger partial charge on any atom is 0.0781 e. The maximum atomic E-state index is 4.96. The van der Waals surface area contributed by atoms with Gasteiger partial charge in [0, 0.05) is 28.4 Å². The molecule has 0 aliphatic heterocycles. The molecular formula is C23H18N2. The molecule has 120 valence electrons. The average Bonchev–Trinajstić information content (AvgIpc) is 2.67. The zero-order chi connectivity index (χ0) is 17.1. The fraction of sp³-hybridized carbons (Fsp3) is 0.0435. The van der Waals surface area contributed by atoms with Crippen LogP contribution in [0.5, 0.6) is 0 Å². The molecule has 0 fully saturated rings. The van der Waals surface area contributed by atoms with Crippen LogP contribution >= 0.6 is 0 Å². The molecule has 3 aromatic carbocycles. The van der Waals surface area contributed by atoms with Crippen LogP contribution in [0.2, 0.25) is 0 Å². The summed E-state index contributed by atoms with van der Waals surface area (Å²) >= 11 is 0. The minimum atomic E-state index is 0.931. The quantitative estimate of drug-likeness (QED) is 0.443. The Morgan fingerprint density at radius 3 is 2.00 bits per heavy atom. The summed E-state index contributed by atoms with van der Waals surface area (Å²) in [4.78, 5) is 9.36. The largest absolute Gasteiger partial charge is 0.261 e. The lowest BCUT2D eigenvalue weighted by molar-refractivity contribution is 1.22. The highest BCUT2D eigenvalue weighted by molar-refractivity contribution is 6.14. The molecule has 1 aromatic heterocycles. The molecule has 25 heavy (non-hydrogen) atoms. The second kappa shape index (κ2) is 6.70. The van der Waals surface area contributed by atoms with Gasteiger partial charge in [-0.15, -0.1) is 0 Å². The van der Waals surface area contributed by atoms with Crippen molar-refractivity contribution in [3.8, 4) is 0 Å². The monoisotopic (exact) mass is 322 g/mol. The Morgan fingerprint density at radius 2 is 1.36 bits per heavy atom. The van der Waals surface area contributed by atoms with E-state index in [4.69, 9.17) is 4.99 Å². The predicted molar refractivity (Wildman–Crippen MR) is 105 cm³/mol. The van der Waals surface area contributed by atoms with Gasteiger partial charge in [0.25, 0.3) is 0 Å². The highest BCUT2D eigenvalue weighted by atomic mass is 14.7. The zero-order valence-electron chi connectivity index (χ0n) is 14.1. The summed E-state index contributed by atoms with van der Waals surface area (Å²) in [6.07, 6.45) is 1.91. The Balaban J connectivity index is 1.86. The lowest BCUT2D eigenvalue weighted by atomic mass is 10.0. The Hall–Kier alpha value is -3.26. The highest BCUT2D eigenvalue weighted by Crippen LogP contribution is 2.23. The molecule has 0 radical (unpaired) electrons. The van der Waals surface area contributed by atoms with Gasteiger partial charge in [0.15, 0.2) is 0 Å². The first-order chi connectivity index (χ1) is 12.3. The van der Waals surface area contributed by atoms with Crippen LogP contribution in [0.1, 0.15) is 16.8 Å². The molecule has 0 bridgehead atoms. The summed E-state index contributed by atoms with van der Waals surface area (Å²) in [5.41, 5.74) is 5.14. The van der Waals surface area contributed by atoms with Gasteiger partial charge in [-0.05, 0) is 30.5 Å². The van der Waals surface area contributed by atoms with E-state index in [1.54, 1.807) is 0 Å². The number of hydrogen-bond donors (Lipinski definition) is 0. The zero-order valence-corrected chi connectivity index (χ0v) is 14.1. The number of nitrogens with zero attached hydrogens (tertiary/aromatic N) is 2. The molecule has 4 rings (SSSR count). The van der Waals surface area contributed by atoms with E-state index in [-0.39, 0.29) is 0 Å². The first-order valence-electron chi connectivity index (χ1n) is 8.35. The van der Waals surface area contributed by atoms with Crippen LogP contribution in [0.15, 0.2) is 96.1 Å². The van der Waals surface area contributed by atoms with Crippen molar-refractivity contribution in [1.82, 2.24) is 4.98 Å². The van der Waals surface area contributed by atoms with Crippen LogP contribution < -0.4 is 0 Å². The van der Waals surface area contributed by atoms with Crippen molar-refractivity contribution in [3.05, 3.63) is 108 Å². The number of fused-ring (bicyclic) bond motifs is 1. The minimum Gasteiger partial charge on any atom is -0.261 e. The fourth-order valence-electron chi connectivity index (χ4n) is 2.93. The second-order valence-electron chi connectivity index (χ2n) is 6.05. The molecule has 0 saturated carbocycles. The number of rotatable bonds is 3. The summed E-state index contributed by atoms with van der Waals surface area (Å²) in [6.45, 7) is 2.01. The molecule has 0 amide bonds. The van der Waals surface area contributed by atoms with Crippen molar-refractivity contribution >= 4 is 22.2 Å². The topological polar surface area (TPSA) is 25.2 Å². The van der Waals surface area contributed by atoms with E-state index in [1.165, 1.54) is 5.39 Å². The molecular weight excluding hydrogens is 304 g/mol. The third-order valence-electron chi connectivity index (χ3n) is 4.18. The molecule has 0 unspecified atom stereocenters. The summed E-state index contributed by atoms with van der Waals surface area (Å²) in [7, 11) is 0. The molecule has 0 saturated heterocycles. The Morgan fingerprint density at radius 1 is 0.720 bits per heavy atom. The standard InChI is InChI=1S/C23H18N2/c1-17-14-20-12-13-22(15-21(20)16-24-17)25-23(18-8-4-2-5-9-18)19-10-6-3-7-11-19/h2-16H,1H3. The normalized spacial score (nSPS) is 10.6. The Kier molecular flexibility index (Phi) is 4.09. The molecule has 4 aromatic rings. The summed E-state index contributed by atoms with van der Waals surface area (Å²) in [5.74, 6) is 0. The van der Waals surface area contributed by atoms with E-state index >= 15 is 0 Å². The van der Waals surface area contributed by atoms with Crippen LogP contribution in [0.4, 0.5) is 5.69 Å². The number of aliphatic imine (C=N–C) groups is 1. The van der Waals surface area contributed by atoms with Gasteiger partial charge in [-0.1, -0.05) is 66.7 Å². The SMILES string of the molecule is Cc1cc2ccc(N=C(c3ccccc3)c3ccccc3)cc2cn1. The molecule has 1 heterocycles. The molecule has 2 nitrogen and oxygen atoms in total. The molecule has 0 aliphatic carbocycles.